The number of benzene rings is 1. The van der Waals surface area contributed by atoms with Gasteiger partial charge in [0.05, 0.1) is 11.4 Å². The second-order valence-corrected chi connectivity index (χ2v) is 6.56. The number of hydrogen-bond acceptors (Lipinski definition) is 3. The van der Waals surface area contributed by atoms with Gasteiger partial charge in [-0.3, -0.25) is 4.98 Å². The van der Waals surface area contributed by atoms with Crippen LogP contribution in [0.4, 0.5) is 0 Å². The summed E-state index contributed by atoms with van der Waals surface area (Å²) in [5.74, 6) is 0.199. The summed E-state index contributed by atoms with van der Waals surface area (Å²) in [6.45, 7) is 4.15. The Bertz CT molecular complexity index is 837. The number of halogens is 1. The van der Waals surface area contributed by atoms with E-state index in [2.05, 4.69) is 29.0 Å². The molecule has 0 spiro atoms. The third kappa shape index (κ3) is 3.26. The lowest BCUT2D eigenvalue weighted by Gasteiger charge is -2.27. The molecule has 0 saturated heterocycles. The second-order valence-electron chi connectivity index (χ2n) is 6.13. The van der Waals surface area contributed by atoms with Crippen molar-refractivity contribution in [2.45, 2.75) is 32.6 Å². The number of aromatic nitrogens is 1. The molecule has 1 aromatic carbocycles. The van der Waals surface area contributed by atoms with Crippen LogP contribution in [0.3, 0.4) is 0 Å². The van der Waals surface area contributed by atoms with Gasteiger partial charge in [0.15, 0.2) is 0 Å². The molecule has 1 aliphatic rings. The lowest BCUT2D eigenvalue weighted by atomic mass is 9.79. The SMILES string of the molecule is Cc1ccc(Cl)cc1C1C/C(=N/N=C(N)N)c2c(C)ccnc2C1. The van der Waals surface area contributed by atoms with Crippen LogP contribution in [0.15, 0.2) is 40.7 Å². The maximum atomic E-state index is 6.20. The van der Waals surface area contributed by atoms with Crippen molar-refractivity contribution in [2.75, 3.05) is 0 Å². The van der Waals surface area contributed by atoms with Gasteiger partial charge in [-0.05, 0) is 67.5 Å². The largest absolute Gasteiger partial charge is 0.369 e. The topological polar surface area (TPSA) is 89.6 Å². The number of pyridine rings is 1. The number of guanidine groups is 1. The van der Waals surface area contributed by atoms with Gasteiger partial charge in [-0.1, -0.05) is 17.7 Å². The highest BCUT2D eigenvalue weighted by Gasteiger charge is 2.28. The minimum atomic E-state index is -0.0494. The molecule has 6 heteroatoms. The van der Waals surface area contributed by atoms with E-state index in [4.69, 9.17) is 23.1 Å². The van der Waals surface area contributed by atoms with Gasteiger partial charge in [-0.2, -0.15) is 5.10 Å². The third-order valence-electron chi connectivity index (χ3n) is 4.37. The van der Waals surface area contributed by atoms with Crippen molar-refractivity contribution < 1.29 is 0 Å². The van der Waals surface area contributed by atoms with Gasteiger partial charge in [-0.25, -0.2) is 0 Å². The van der Waals surface area contributed by atoms with Gasteiger partial charge in [0.25, 0.3) is 0 Å². The molecule has 1 unspecified atom stereocenters. The Labute approximate surface area is 146 Å². The van der Waals surface area contributed by atoms with Crippen LogP contribution in [-0.2, 0) is 6.42 Å². The molecule has 0 saturated carbocycles. The molecule has 2 aromatic rings. The Morgan fingerprint density at radius 3 is 2.71 bits per heavy atom. The van der Waals surface area contributed by atoms with E-state index in [-0.39, 0.29) is 11.9 Å². The van der Waals surface area contributed by atoms with Crippen molar-refractivity contribution in [3.05, 3.63) is 63.4 Å². The average Bonchev–Trinajstić information content (AvgIpc) is 2.54. The Morgan fingerprint density at radius 2 is 1.96 bits per heavy atom. The molecule has 4 N–H and O–H groups in total. The van der Waals surface area contributed by atoms with E-state index in [0.29, 0.717) is 0 Å². The third-order valence-corrected chi connectivity index (χ3v) is 4.61. The van der Waals surface area contributed by atoms with Crippen molar-refractivity contribution in [3.63, 3.8) is 0 Å². The van der Waals surface area contributed by atoms with Gasteiger partial charge in [-0.15, -0.1) is 5.10 Å². The quantitative estimate of drug-likeness (QED) is 0.499. The van der Waals surface area contributed by atoms with Crippen molar-refractivity contribution >= 4 is 23.3 Å². The monoisotopic (exact) mass is 341 g/mol. The fourth-order valence-corrected chi connectivity index (χ4v) is 3.46. The molecule has 0 amide bonds. The van der Waals surface area contributed by atoms with Crippen LogP contribution in [0.5, 0.6) is 0 Å². The average molecular weight is 342 g/mol. The molecule has 24 heavy (non-hydrogen) atoms. The van der Waals surface area contributed by atoms with Crippen LogP contribution in [0.1, 0.15) is 40.3 Å². The molecule has 0 bridgehead atoms. The summed E-state index contributed by atoms with van der Waals surface area (Å²) >= 11 is 6.20. The molecule has 1 heterocycles. The Hall–Kier alpha value is -2.40. The predicted molar refractivity (Wildman–Crippen MR) is 98.6 cm³/mol. The molecule has 0 radical (unpaired) electrons. The molecule has 124 valence electrons. The van der Waals surface area contributed by atoms with E-state index in [9.17, 15) is 0 Å². The molecule has 0 fully saturated rings. The molecule has 1 aromatic heterocycles. The van der Waals surface area contributed by atoms with Crippen LogP contribution >= 0.6 is 11.6 Å². The zero-order valence-corrected chi connectivity index (χ0v) is 14.5. The highest BCUT2D eigenvalue weighted by molar-refractivity contribution is 6.30. The van der Waals surface area contributed by atoms with E-state index in [1.54, 1.807) is 0 Å². The lowest BCUT2D eigenvalue weighted by molar-refractivity contribution is 0.673. The first kappa shape index (κ1) is 16.5. The minimum Gasteiger partial charge on any atom is -0.369 e. The Balaban J connectivity index is 2.10. The number of nitrogens with zero attached hydrogens (tertiary/aromatic N) is 3. The van der Waals surface area contributed by atoms with E-state index < -0.39 is 0 Å². The van der Waals surface area contributed by atoms with Crippen LogP contribution < -0.4 is 11.5 Å². The fourth-order valence-electron chi connectivity index (χ4n) is 3.28. The van der Waals surface area contributed by atoms with Gasteiger partial charge >= 0.3 is 0 Å². The maximum absolute atomic E-state index is 6.20. The number of nitrogens with two attached hydrogens (primary N) is 2. The highest BCUT2D eigenvalue weighted by atomic mass is 35.5. The van der Waals surface area contributed by atoms with Gasteiger partial charge in [0.1, 0.15) is 0 Å². The van der Waals surface area contributed by atoms with Crippen LogP contribution in [0.2, 0.25) is 5.02 Å². The van der Waals surface area contributed by atoms with Crippen LogP contribution in [0, 0.1) is 13.8 Å². The van der Waals surface area contributed by atoms with Gasteiger partial charge < -0.3 is 11.5 Å². The van der Waals surface area contributed by atoms with Crippen molar-refractivity contribution in [2.24, 2.45) is 21.7 Å². The Kier molecular flexibility index (Phi) is 4.53. The van der Waals surface area contributed by atoms with Crippen molar-refractivity contribution in [1.29, 1.82) is 0 Å². The standard InChI is InChI=1S/C18H20ClN5/c1-10-3-4-13(19)9-14(10)12-7-15-17(11(2)5-6-22-15)16(8-12)23-24-18(20)21/h3-6,9,12H,7-8H2,1-2H3,(H4,20,21,24)/b23-16-. The summed E-state index contributed by atoms with van der Waals surface area (Å²) in [6.07, 6.45) is 3.43. The van der Waals surface area contributed by atoms with E-state index >= 15 is 0 Å². The number of rotatable bonds is 2. The zero-order chi connectivity index (χ0) is 17.3. The maximum Gasteiger partial charge on any atom is 0.211 e. The smallest absolute Gasteiger partial charge is 0.211 e. The van der Waals surface area contributed by atoms with Gasteiger partial charge in [0.2, 0.25) is 5.96 Å². The van der Waals surface area contributed by atoms with E-state index in [0.717, 1.165) is 40.4 Å². The summed E-state index contributed by atoms with van der Waals surface area (Å²) < 4.78 is 0. The second kappa shape index (κ2) is 6.61. The molecule has 1 aliphatic carbocycles. The van der Waals surface area contributed by atoms with Crippen molar-refractivity contribution in [1.82, 2.24) is 4.98 Å². The first-order valence-electron chi connectivity index (χ1n) is 7.82. The normalized spacial score (nSPS) is 18.3. The number of aryl methyl sites for hydroxylation is 2. The van der Waals surface area contributed by atoms with Crippen LogP contribution in [0.25, 0.3) is 0 Å². The number of hydrogen-bond donors (Lipinski definition) is 2. The molecule has 3 rings (SSSR count). The summed E-state index contributed by atoms with van der Waals surface area (Å²) in [7, 11) is 0. The summed E-state index contributed by atoms with van der Waals surface area (Å²) in [5.41, 5.74) is 17.4. The molecule has 1 atom stereocenters. The lowest BCUT2D eigenvalue weighted by Crippen LogP contribution is -2.24. The van der Waals surface area contributed by atoms with Crippen LogP contribution in [-0.4, -0.2) is 16.7 Å². The summed E-state index contributed by atoms with van der Waals surface area (Å²) in [4.78, 5) is 4.56. The minimum absolute atomic E-state index is 0.0494. The zero-order valence-electron chi connectivity index (χ0n) is 13.8. The molecular formula is C18H20ClN5. The Morgan fingerprint density at radius 1 is 1.17 bits per heavy atom. The summed E-state index contributed by atoms with van der Waals surface area (Å²) in [6, 6.07) is 7.97. The van der Waals surface area contributed by atoms with Gasteiger partial charge in [0, 0.05) is 16.8 Å². The molecule has 5 nitrogen and oxygen atoms in total. The molecule has 0 aliphatic heterocycles. The predicted octanol–water partition coefficient (Wildman–Crippen LogP) is 3.06. The summed E-state index contributed by atoms with van der Waals surface area (Å²) in [5, 5.41) is 8.89. The molecular weight excluding hydrogens is 322 g/mol. The first-order chi connectivity index (χ1) is 11.5. The van der Waals surface area contributed by atoms with E-state index in [1.807, 2.05) is 30.5 Å². The first-order valence-corrected chi connectivity index (χ1v) is 8.20. The highest BCUT2D eigenvalue weighted by Crippen LogP contribution is 2.35. The van der Waals surface area contributed by atoms with Crippen molar-refractivity contribution in [3.8, 4) is 0 Å². The fraction of sp³-hybridized carbons (Fsp3) is 0.278. The number of fused-ring (bicyclic) bond motifs is 1. The van der Waals surface area contributed by atoms with E-state index in [1.165, 1.54) is 11.1 Å².